The molecule has 0 unspecified atom stereocenters. The van der Waals surface area contributed by atoms with Crippen molar-refractivity contribution in [3.05, 3.63) is 40.5 Å². The molecule has 0 aliphatic carbocycles. The van der Waals surface area contributed by atoms with Gasteiger partial charge in [0.15, 0.2) is 0 Å². The van der Waals surface area contributed by atoms with Gasteiger partial charge in [0.1, 0.15) is 18.2 Å². The Kier molecular flexibility index (Phi) is 2.53. The summed E-state index contributed by atoms with van der Waals surface area (Å²) in [6.45, 7) is 0.377. The van der Waals surface area contributed by atoms with Gasteiger partial charge >= 0.3 is 0 Å². The molecule has 6 heteroatoms. The van der Waals surface area contributed by atoms with E-state index in [4.69, 9.17) is 10.6 Å². The molecular formula is C12H9FN2O2S. The number of hydrogen-bond donors (Lipinski definition) is 2. The summed E-state index contributed by atoms with van der Waals surface area (Å²) in [4.78, 5) is 12.8. The molecule has 1 amide bonds. The number of hydrogen-bond acceptors (Lipinski definition) is 4. The molecule has 0 spiro atoms. The summed E-state index contributed by atoms with van der Waals surface area (Å²) < 4.78 is 18.8. The zero-order valence-electron chi connectivity index (χ0n) is 9.20. The largest absolute Gasteiger partial charge is 0.488 e. The minimum Gasteiger partial charge on any atom is -0.488 e. The van der Waals surface area contributed by atoms with E-state index in [9.17, 15) is 9.18 Å². The third-order valence-electron chi connectivity index (χ3n) is 2.73. The van der Waals surface area contributed by atoms with Crippen LogP contribution < -0.4 is 16.0 Å². The number of carbonyl (C=O) groups is 1. The maximum absolute atomic E-state index is 13.3. The van der Waals surface area contributed by atoms with Gasteiger partial charge in [0.25, 0.3) is 5.91 Å². The van der Waals surface area contributed by atoms with Crippen LogP contribution in [-0.2, 0) is 6.61 Å². The lowest BCUT2D eigenvalue weighted by Crippen LogP contribution is -2.29. The molecule has 92 valence electrons. The molecule has 1 aliphatic rings. The highest BCUT2D eigenvalue weighted by atomic mass is 32.1. The second-order valence-electron chi connectivity index (χ2n) is 3.87. The summed E-state index contributed by atoms with van der Waals surface area (Å²) in [6.07, 6.45) is 0. The first-order chi connectivity index (χ1) is 8.69. The molecule has 3 N–H and O–H groups in total. The Hall–Kier alpha value is -1.92. The monoisotopic (exact) mass is 264 g/mol. The van der Waals surface area contributed by atoms with Gasteiger partial charge in [-0.3, -0.25) is 10.2 Å². The molecule has 1 aliphatic heterocycles. The SMILES string of the molecule is NNC(=O)c1cc2c(s1)-c1cc(F)ccc1OC2. The third kappa shape index (κ3) is 1.66. The molecular weight excluding hydrogens is 255 g/mol. The number of rotatable bonds is 1. The fourth-order valence-corrected chi connectivity index (χ4v) is 3.00. The number of halogens is 1. The first kappa shape index (κ1) is 11.2. The van der Waals surface area contributed by atoms with Gasteiger partial charge < -0.3 is 4.74 Å². The predicted molar refractivity (Wildman–Crippen MR) is 65.7 cm³/mol. The molecule has 0 radical (unpaired) electrons. The van der Waals surface area contributed by atoms with Crippen molar-refractivity contribution in [2.45, 2.75) is 6.61 Å². The van der Waals surface area contributed by atoms with Crippen LogP contribution in [-0.4, -0.2) is 5.91 Å². The quantitative estimate of drug-likeness (QED) is 0.470. The molecule has 0 fully saturated rings. The van der Waals surface area contributed by atoms with Gasteiger partial charge in [-0.05, 0) is 24.3 Å². The fraction of sp³-hybridized carbons (Fsp3) is 0.0833. The molecule has 18 heavy (non-hydrogen) atoms. The topological polar surface area (TPSA) is 64.3 Å². The predicted octanol–water partition coefficient (Wildman–Crippen LogP) is 2.05. The van der Waals surface area contributed by atoms with Gasteiger partial charge in [-0.25, -0.2) is 10.2 Å². The Labute approximate surface area is 106 Å². The van der Waals surface area contributed by atoms with E-state index in [1.165, 1.54) is 23.5 Å². The molecule has 2 heterocycles. The number of amides is 1. The average Bonchev–Trinajstić information content (AvgIpc) is 2.82. The van der Waals surface area contributed by atoms with E-state index in [2.05, 4.69) is 5.43 Å². The molecule has 0 bridgehead atoms. The molecule has 4 nitrogen and oxygen atoms in total. The van der Waals surface area contributed by atoms with Crippen LogP contribution in [0.25, 0.3) is 10.4 Å². The summed E-state index contributed by atoms with van der Waals surface area (Å²) in [7, 11) is 0. The highest BCUT2D eigenvalue weighted by Crippen LogP contribution is 2.42. The summed E-state index contributed by atoms with van der Waals surface area (Å²) in [5, 5.41) is 0. The van der Waals surface area contributed by atoms with Crippen LogP contribution in [0.5, 0.6) is 5.75 Å². The van der Waals surface area contributed by atoms with Crippen LogP contribution >= 0.6 is 11.3 Å². The van der Waals surface area contributed by atoms with Crippen LogP contribution in [0, 0.1) is 5.82 Å². The van der Waals surface area contributed by atoms with Crippen molar-refractivity contribution in [1.29, 1.82) is 0 Å². The molecule has 0 saturated carbocycles. The zero-order chi connectivity index (χ0) is 12.7. The lowest BCUT2D eigenvalue weighted by Gasteiger charge is -2.17. The Morgan fingerprint density at radius 1 is 1.44 bits per heavy atom. The van der Waals surface area contributed by atoms with Crippen LogP contribution in [0.15, 0.2) is 24.3 Å². The van der Waals surface area contributed by atoms with Gasteiger partial charge in [-0.2, -0.15) is 0 Å². The fourth-order valence-electron chi connectivity index (χ4n) is 1.91. The second-order valence-corrected chi connectivity index (χ2v) is 4.92. The van der Waals surface area contributed by atoms with E-state index in [0.29, 0.717) is 22.8 Å². The number of carbonyl (C=O) groups excluding carboxylic acids is 1. The lowest BCUT2D eigenvalue weighted by atomic mass is 10.1. The third-order valence-corrected chi connectivity index (χ3v) is 3.94. The molecule has 1 aromatic heterocycles. The van der Waals surface area contributed by atoms with Crippen molar-refractivity contribution < 1.29 is 13.9 Å². The average molecular weight is 264 g/mol. The number of nitrogens with two attached hydrogens (primary N) is 1. The van der Waals surface area contributed by atoms with Crippen LogP contribution in [0.2, 0.25) is 0 Å². The Morgan fingerprint density at radius 3 is 3.06 bits per heavy atom. The summed E-state index contributed by atoms with van der Waals surface area (Å²) >= 11 is 1.28. The summed E-state index contributed by atoms with van der Waals surface area (Å²) in [5.41, 5.74) is 3.63. The van der Waals surface area contributed by atoms with Gasteiger partial charge in [0, 0.05) is 16.0 Å². The van der Waals surface area contributed by atoms with E-state index in [1.807, 2.05) is 0 Å². The lowest BCUT2D eigenvalue weighted by molar-refractivity contribution is 0.0957. The minimum atomic E-state index is -0.354. The van der Waals surface area contributed by atoms with Crippen LogP contribution in [0.1, 0.15) is 15.2 Å². The molecule has 0 atom stereocenters. The molecule has 3 rings (SSSR count). The standard InChI is InChI=1S/C12H9FN2O2S/c13-7-1-2-9-8(4-7)11-6(5-17-9)3-10(18-11)12(16)15-14/h1-4H,5,14H2,(H,15,16). The van der Waals surface area contributed by atoms with Crippen molar-refractivity contribution in [3.63, 3.8) is 0 Å². The van der Waals surface area contributed by atoms with Gasteiger partial charge in [-0.15, -0.1) is 11.3 Å². The molecule has 1 aromatic carbocycles. The molecule has 2 aromatic rings. The van der Waals surface area contributed by atoms with Crippen LogP contribution in [0.4, 0.5) is 4.39 Å². The maximum Gasteiger partial charge on any atom is 0.275 e. The highest BCUT2D eigenvalue weighted by molar-refractivity contribution is 7.17. The first-order valence-corrected chi connectivity index (χ1v) is 6.07. The van der Waals surface area contributed by atoms with E-state index in [-0.39, 0.29) is 11.7 Å². The van der Waals surface area contributed by atoms with Crippen LogP contribution in [0.3, 0.4) is 0 Å². The van der Waals surface area contributed by atoms with E-state index in [0.717, 1.165) is 10.4 Å². The van der Waals surface area contributed by atoms with Crippen molar-refractivity contribution >= 4 is 17.2 Å². The Bertz CT molecular complexity index is 639. The molecule has 0 saturated heterocycles. The van der Waals surface area contributed by atoms with Gasteiger partial charge in [0.05, 0.1) is 4.88 Å². The van der Waals surface area contributed by atoms with Crippen molar-refractivity contribution in [3.8, 4) is 16.2 Å². The number of nitrogen functional groups attached to an aromatic ring is 1. The van der Waals surface area contributed by atoms with Gasteiger partial charge in [0.2, 0.25) is 0 Å². The number of fused-ring (bicyclic) bond motifs is 3. The van der Waals surface area contributed by atoms with Crippen molar-refractivity contribution in [1.82, 2.24) is 5.43 Å². The van der Waals surface area contributed by atoms with E-state index < -0.39 is 0 Å². The zero-order valence-corrected chi connectivity index (χ0v) is 10.0. The number of benzene rings is 1. The van der Waals surface area contributed by atoms with E-state index in [1.54, 1.807) is 12.1 Å². The number of thiophene rings is 1. The summed E-state index contributed by atoms with van der Waals surface area (Å²) in [6, 6.07) is 6.07. The van der Waals surface area contributed by atoms with Crippen molar-refractivity contribution in [2.24, 2.45) is 5.84 Å². The Balaban J connectivity index is 2.14. The highest BCUT2D eigenvalue weighted by Gasteiger charge is 2.22. The summed E-state index contributed by atoms with van der Waals surface area (Å²) in [5.74, 6) is 5.04. The number of nitrogens with one attached hydrogen (secondary N) is 1. The normalized spacial score (nSPS) is 12.3. The van der Waals surface area contributed by atoms with Crippen molar-refractivity contribution in [2.75, 3.05) is 0 Å². The number of hydrazine groups is 1. The van der Waals surface area contributed by atoms with E-state index >= 15 is 0 Å². The second kappa shape index (κ2) is 4.08. The van der Waals surface area contributed by atoms with Gasteiger partial charge in [-0.1, -0.05) is 0 Å². The minimum absolute atomic E-state index is 0.330. The number of ether oxygens (including phenoxy) is 1. The Morgan fingerprint density at radius 2 is 2.28 bits per heavy atom. The first-order valence-electron chi connectivity index (χ1n) is 5.25. The maximum atomic E-state index is 13.3. The smallest absolute Gasteiger partial charge is 0.275 e.